The predicted octanol–water partition coefficient (Wildman–Crippen LogP) is 4.61. The number of hydrogen-bond donors (Lipinski definition) is 0. The van der Waals surface area contributed by atoms with Crippen molar-refractivity contribution in [1.29, 1.82) is 5.26 Å². The maximum atomic E-state index is 13.1. The quantitative estimate of drug-likeness (QED) is 0.726. The lowest BCUT2D eigenvalue weighted by Gasteiger charge is -2.42. The molecule has 0 unspecified atom stereocenters. The molecule has 0 aliphatic carbocycles. The zero-order valence-corrected chi connectivity index (χ0v) is 15.0. The van der Waals surface area contributed by atoms with E-state index < -0.39 is 18.8 Å². The Kier molecular flexibility index (Phi) is 4.85. The number of nitrogens with zero attached hydrogens (tertiary/aromatic N) is 3. The van der Waals surface area contributed by atoms with Crippen LogP contribution in [0.4, 0.5) is 13.2 Å². The largest absolute Gasteiger partial charge is 0.401 e. The molecule has 0 saturated carbocycles. The van der Waals surface area contributed by atoms with Gasteiger partial charge in [0.05, 0.1) is 29.9 Å². The molecule has 0 spiro atoms. The summed E-state index contributed by atoms with van der Waals surface area (Å²) in [6.07, 6.45) is -2.25. The van der Waals surface area contributed by atoms with Gasteiger partial charge in [-0.25, -0.2) is 0 Å². The van der Waals surface area contributed by atoms with Crippen LogP contribution < -0.4 is 0 Å². The highest BCUT2D eigenvalue weighted by Gasteiger charge is 2.41. The van der Waals surface area contributed by atoms with Gasteiger partial charge in [-0.05, 0) is 64.7 Å². The minimum absolute atomic E-state index is 0.321. The first-order valence-electron chi connectivity index (χ1n) is 7.75. The average Bonchev–Trinajstić information content (AvgIpc) is 2.55. The average molecular weight is 410 g/mol. The van der Waals surface area contributed by atoms with E-state index in [1.54, 1.807) is 43.5 Å². The van der Waals surface area contributed by atoms with E-state index in [1.807, 2.05) is 0 Å². The van der Waals surface area contributed by atoms with Crippen LogP contribution >= 0.6 is 15.9 Å². The van der Waals surface area contributed by atoms with E-state index in [-0.39, 0.29) is 6.04 Å². The maximum absolute atomic E-state index is 13.1. The molecule has 2 aromatic rings. The van der Waals surface area contributed by atoms with Gasteiger partial charge in [-0.1, -0.05) is 6.07 Å². The molecule has 3 rings (SSSR count). The summed E-state index contributed by atoms with van der Waals surface area (Å²) in [5, 5.41) is 9.10. The number of pyridine rings is 1. The summed E-state index contributed by atoms with van der Waals surface area (Å²) >= 11 is 3.30. The fourth-order valence-electron chi connectivity index (χ4n) is 3.32. The molecule has 0 N–H and O–H groups in total. The molecule has 1 aromatic heterocycles. The Morgan fingerprint density at radius 1 is 1.32 bits per heavy atom. The van der Waals surface area contributed by atoms with Gasteiger partial charge in [0.25, 0.3) is 0 Å². The van der Waals surface area contributed by atoms with E-state index in [4.69, 9.17) is 5.26 Å². The lowest BCUT2D eigenvalue weighted by Crippen LogP contribution is -2.47. The van der Waals surface area contributed by atoms with Gasteiger partial charge in [-0.15, -0.1) is 0 Å². The molecule has 0 radical (unpaired) electrons. The number of hydrogen-bond acceptors (Lipinski definition) is 3. The Bertz CT molecular complexity index is 812. The van der Waals surface area contributed by atoms with E-state index in [0.29, 0.717) is 17.7 Å². The van der Waals surface area contributed by atoms with Crippen molar-refractivity contribution in [2.45, 2.75) is 31.6 Å². The molecule has 7 heteroatoms. The molecule has 1 aromatic carbocycles. The van der Waals surface area contributed by atoms with Crippen molar-refractivity contribution in [3.8, 4) is 6.07 Å². The summed E-state index contributed by atoms with van der Waals surface area (Å²) in [5.41, 5.74) is 2.75. The number of benzene rings is 1. The maximum Gasteiger partial charge on any atom is 0.401 e. The van der Waals surface area contributed by atoms with Gasteiger partial charge in [0.15, 0.2) is 0 Å². The second-order valence-corrected chi connectivity index (χ2v) is 7.09. The first-order valence-corrected chi connectivity index (χ1v) is 8.54. The summed E-state index contributed by atoms with van der Waals surface area (Å²) in [4.78, 5) is 5.77. The predicted molar refractivity (Wildman–Crippen MR) is 90.9 cm³/mol. The van der Waals surface area contributed by atoms with Crippen molar-refractivity contribution >= 4 is 15.9 Å². The van der Waals surface area contributed by atoms with Crippen LogP contribution in [0.25, 0.3) is 0 Å². The smallest absolute Gasteiger partial charge is 0.279 e. The molecule has 3 nitrogen and oxygen atoms in total. The van der Waals surface area contributed by atoms with Crippen LogP contribution in [0.1, 0.15) is 35.3 Å². The van der Waals surface area contributed by atoms with Gasteiger partial charge in [-0.3, -0.25) is 9.88 Å². The van der Waals surface area contributed by atoms with E-state index in [1.165, 1.54) is 4.90 Å². The minimum Gasteiger partial charge on any atom is -0.279 e. The molecule has 2 heterocycles. The van der Waals surface area contributed by atoms with Gasteiger partial charge in [0, 0.05) is 16.7 Å². The molecule has 2 atom stereocenters. The summed E-state index contributed by atoms with van der Waals surface area (Å²) in [6, 6.07) is 9.84. The van der Waals surface area contributed by atoms with Crippen LogP contribution in [-0.4, -0.2) is 28.6 Å². The number of alkyl halides is 3. The van der Waals surface area contributed by atoms with Crippen LogP contribution in [0.2, 0.25) is 0 Å². The monoisotopic (exact) mass is 409 g/mol. The van der Waals surface area contributed by atoms with Gasteiger partial charge in [0.2, 0.25) is 0 Å². The summed E-state index contributed by atoms with van der Waals surface area (Å²) in [5.74, 6) is 0. The van der Waals surface area contributed by atoms with Crippen LogP contribution in [0, 0.1) is 11.3 Å². The van der Waals surface area contributed by atoms with Crippen LogP contribution in [-0.2, 0) is 6.42 Å². The molecular formula is C18H15BrF3N3. The van der Waals surface area contributed by atoms with Crippen molar-refractivity contribution in [3.05, 3.63) is 63.4 Å². The topological polar surface area (TPSA) is 39.9 Å². The van der Waals surface area contributed by atoms with Crippen LogP contribution in [0.3, 0.4) is 0 Å². The lowest BCUT2D eigenvalue weighted by molar-refractivity contribution is -0.155. The second kappa shape index (κ2) is 6.77. The molecule has 130 valence electrons. The van der Waals surface area contributed by atoms with Crippen molar-refractivity contribution < 1.29 is 13.2 Å². The van der Waals surface area contributed by atoms with E-state index >= 15 is 0 Å². The van der Waals surface area contributed by atoms with Crippen molar-refractivity contribution in [1.82, 2.24) is 9.88 Å². The van der Waals surface area contributed by atoms with Crippen molar-refractivity contribution in [3.63, 3.8) is 0 Å². The number of rotatable bonds is 2. The highest BCUT2D eigenvalue weighted by molar-refractivity contribution is 9.10. The fraction of sp³-hybridized carbons (Fsp3) is 0.333. The minimum atomic E-state index is -4.30. The second-order valence-electron chi connectivity index (χ2n) is 6.17. The Hall–Kier alpha value is -1.91. The van der Waals surface area contributed by atoms with E-state index in [2.05, 4.69) is 27.0 Å². The summed E-state index contributed by atoms with van der Waals surface area (Å²) in [7, 11) is 0. The van der Waals surface area contributed by atoms with Crippen LogP contribution in [0.5, 0.6) is 0 Å². The number of halogens is 4. The summed E-state index contributed by atoms with van der Waals surface area (Å²) in [6.45, 7) is 0.773. The van der Waals surface area contributed by atoms with Gasteiger partial charge in [0.1, 0.15) is 0 Å². The molecular weight excluding hydrogens is 395 g/mol. The molecule has 1 aliphatic rings. The van der Waals surface area contributed by atoms with Gasteiger partial charge >= 0.3 is 6.18 Å². The number of fused-ring (bicyclic) bond motifs is 1. The Morgan fingerprint density at radius 3 is 2.68 bits per heavy atom. The Morgan fingerprint density at radius 2 is 2.08 bits per heavy atom. The molecule has 0 saturated heterocycles. The van der Waals surface area contributed by atoms with Gasteiger partial charge < -0.3 is 0 Å². The molecule has 1 aliphatic heterocycles. The highest BCUT2D eigenvalue weighted by Crippen LogP contribution is 2.39. The molecule has 0 amide bonds. The molecule has 0 fully saturated rings. The van der Waals surface area contributed by atoms with Crippen molar-refractivity contribution in [2.75, 3.05) is 6.54 Å². The first kappa shape index (κ1) is 17.9. The van der Waals surface area contributed by atoms with Gasteiger partial charge in [-0.2, -0.15) is 18.4 Å². The normalized spacial score (nSPS) is 20.8. The molecule has 0 bridgehead atoms. The highest BCUT2D eigenvalue weighted by atomic mass is 79.9. The van der Waals surface area contributed by atoms with E-state index in [9.17, 15) is 13.2 Å². The zero-order chi connectivity index (χ0) is 18.2. The third-order valence-corrected chi connectivity index (χ3v) is 4.84. The Balaban J connectivity index is 2.12. The third kappa shape index (κ3) is 3.86. The number of aromatic nitrogens is 1. The van der Waals surface area contributed by atoms with Crippen molar-refractivity contribution in [2.24, 2.45) is 0 Å². The lowest BCUT2D eigenvalue weighted by atomic mass is 9.86. The Labute approximate surface area is 152 Å². The standard InChI is InChI=1S/C18H15BrF3N3/c1-11-6-13-7-12(8-23)2-4-15(13)17(25(11)10-18(20,21)22)16-5-3-14(19)9-24-16/h2-5,7,9,11,17H,6,10H2,1H3/t11-,17+/m1/s1. The SMILES string of the molecule is C[C@@H]1Cc2cc(C#N)ccc2[C@@H](c2ccc(Br)cn2)N1CC(F)(F)F. The summed E-state index contributed by atoms with van der Waals surface area (Å²) < 4.78 is 40.2. The first-order chi connectivity index (χ1) is 11.8. The fourth-order valence-corrected chi connectivity index (χ4v) is 3.55. The third-order valence-electron chi connectivity index (χ3n) is 4.37. The zero-order valence-electron chi connectivity index (χ0n) is 13.4. The van der Waals surface area contributed by atoms with Crippen LogP contribution in [0.15, 0.2) is 41.0 Å². The van der Waals surface area contributed by atoms with E-state index in [0.717, 1.165) is 15.6 Å². The molecule has 25 heavy (non-hydrogen) atoms. The number of nitriles is 1.